The summed E-state index contributed by atoms with van der Waals surface area (Å²) < 4.78 is 5.06. The number of ether oxygens (including phenoxy) is 1. The first-order chi connectivity index (χ1) is 13.0. The minimum absolute atomic E-state index is 0.0249. The van der Waals surface area contributed by atoms with Gasteiger partial charge < -0.3 is 20.9 Å². The molecule has 0 saturated carbocycles. The first kappa shape index (κ1) is 18.0. The Balaban J connectivity index is 1.90. The van der Waals surface area contributed by atoms with Gasteiger partial charge in [-0.05, 0) is 48.4 Å². The monoisotopic (exact) mass is 365 g/mol. The second-order valence-corrected chi connectivity index (χ2v) is 5.85. The molecule has 0 fully saturated rings. The molecular formula is C19H19N5O3. The number of benzene rings is 2. The highest BCUT2D eigenvalue weighted by molar-refractivity contribution is 6.03. The van der Waals surface area contributed by atoms with Gasteiger partial charge in [0.1, 0.15) is 11.4 Å². The Labute approximate surface area is 155 Å². The molecule has 8 nitrogen and oxygen atoms in total. The van der Waals surface area contributed by atoms with Crippen LogP contribution in [0.5, 0.6) is 11.5 Å². The Hall–Kier alpha value is -3.81. The molecule has 3 rings (SSSR count). The van der Waals surface area contributed by atoms with E-state index in [9.17, 15) is 9.90 Å². The van der Waals surface area contributed by atoms with Gasteiger partial charge >= 0.3 is 0 Å². The fraction of sp³-hybridized carbons (Fsp3) is 0.105. The number of hydrogen-bond acceptors (Lipinski definition) is 6. The fourth-order valence-electron chi connectivity index (χ4n) is 2.53. The number of phenols is 1. The van der Waals surface area contributed by atoms with Crippen LogP contribution in [0.1, 0.15) is 21.5 Å². The number of nitrogens with two attached hydrogens (primary N) is 1. The van der Waals surface area contributed by atoms with Crippen LogP contribution in [0.15, 0.2) is 47.5 Å². The summed E-state index contributed by atoms with van der Waals surface area (Å²) in [6, 6.07) is 12.4. The molecule has 0 spiro atoms. The summed E-state index contributed by atoms with van der Waals surface area (Å²) >= 11 is 0. The number of primary amides is 1. The van der Waals surface area contributed by atoms with Crippen molar-refractivity contribution >= 4 is 29.4 Å². The third kappa shape index (κ3) is 4.06. The van der Waals surface area contributed by atoms with Crippen molar-refractivity contribution < 1.29 is 14.6 Å². The van der Waals surface area contributed by atoms with Crippen molar-refractivity contribution in [1.29, 1.82) is 0 Å². The van der Waals surface area contributed by atoms with E-state index in [4.69, 9.17) is 10.5 Å². The van der Waals surface area contributed by atoms with E-state index >= 15 is 0 Å². The number of aromatic nitrogens is 2. The smallest absolute Gasteiger partial charge is 0.256 e. The molecule has 0 bridgehead atoms. The Morgan fingerprint density at radius 2 is 2.15 bits per heavy atom. The van der Waals surface area contributed by atoms with Crippen LogP contribution >= 0.6 is 0 Å². The summed E-state index contributed by atoms with van der Waals surface area (Å²) in [6.07, 6.45) is 1.50. The lowest BCUT2D eigenvalue weighted by Crippen LogP contribution is -2.12. The summed E-state index contributed by atoms with van der Waals surface area (Å²) in [6.45, 7) is 1.97. The minimum Gasteiger partial charge on any atom is -0.504 e. The van der Waals surface area contributed by atoms with Crippen LogP contribution in [0.2, 0.25) is 0 Å². The summed E-state index contributed by atoms with van der Waals surface area (Å²) in [5.74, 6) is 0.206. The van der Waals surface area contributed by atoms with Crippen molar-refractivity contribution in [1.82, 2.24) is 10.2 Å². The number of carbonyl (C=O) groups is 1. The Bertz CT molecular complexity index is 1010. The number of phenolic OH excluding ortho intramolecular Hbond substituents is 1. The molecule has 1 amide bonds. The quantitative estimate of drug-likeness (QED) is 0.500. The van der Waals surface area contributed by atoms with Crippen molar-refractivity contribution in [2.24, 2.45) is 10.7 Å². The van der Waals surface area contributed by atoms with Gasteiger partial charge in [-0.1, -0.05) is 12.1 Å². The van der Waals surface area contributed by atoms with E-state index in [-0.39, 0.29) is 17.1 Å². The highest BCUT2D eigenvalue weighted by Gasteiger charge is 2.18. The molecule has 5 N–H and O–H groups in total. The molecule has 2 aromatic carbocycles. The molecule has 0 aliphatic carbocycles. The molecule has 1 aromatic heterocycles. The first-order valence-electron chi connectivity index (χ1n) is 8.11. The molecule has 1 heterocycles. The van der Waals surface area contributed by atoms with E-state index in [0.29, 0.717) is 17.1 Å². The Morgan fingerprint density at radius 1 is 1.33 bits per heavy atom. The normalized spacial score (nSPS) is 10.9. The van der Waals surface area contributed by atoms with Gasteiger partial charge in [-0.3, -0.25) is 9.89 Å². The van der Waals surface area contributed by atoms with Crippen LogP contribution in [-0.2, 0) is 0 Å². The summed E-state index contributed by atoms with van der Waals surface area (Å²) in [7, 11) is 1.46. The molecule has 8 heteroatoms. The predicted molar refractivity (Wildman–Crippen MR) is 103 cm³/mol. The number of rotatable bonds is 6. The number of amides is 1. The second-order valence-electron chi connectivity index (χ2n) is 5.85. The number of aromatic hydroxyl groups is 1. The molecule has 0 unspecified atom stereocenters. The maximum absolute atomic E-state index is 11.9. The molecule has 0 saturated heterocycles. The van der Waals surface area contributed by atoms with Gasteiger partial charge in [-0.25, -0.2) is 4.99 Å². The van der Waals surface area contributed by atoms with Crippen LogP contribution in [0.3, 0.4) is 0 Å². The predicted octanol–water partition coefficient (Wildman–Crippen LogP) is 3.03. The van der Waals surface area contributed by atoms with Crippen molar-refractivity contribution in [3.63, 3.8) is 0 Å². The van der Waals surface area contributed by atoms with E-state index in [0.717, 1.165) is 11.3 Å². The van der Waals surface area contributed by atoms with Gasteiger partial charge in [0.15, 0.2) is 17.3 Å². The SMILES string of the molecule is COc1cc(C=Nc2n[nH]c(Nc3cccc(C)c3)c2C(N)=O)ccc1O. The van der Waals surface area contributed by atoms with Crippen molar-refractivity contribution in [3.8, 4) is 11.5 Å². The highest BCUT2D eigenvalue weighted by Crippen LogP contribution is 2.28. The van der Waals surface area contributed by atoms with Crippen molar-refractivity contribution in [2.75, 3.05) is 12.4 Å². The summed E-state index contributed by atoms with van der Waals surface area (Å²) in [4.78, 5) is 16.1. The summed E-state index contributed by atoms with van der Waals surface area (Å²) in [5.41, 5.74) is 8.19. The van der Waals surface area contributed by atoms with Gasteiger partial charge in [0.2, 0.25) is 0 Å². The third-order valence-corrected chi connectivity index (χ3v) is 3.82. The van der Waals surface area contributed by atoms with Crippen LogP contribution in [0, 0.1) is 6.92 Å². The Kier molecular flexibility index (Phi) is 5.07. The number of aliphatic imine (C=N–C) groups is 1. The van der Waals surface area contributed by atoms with Gasteiger partial charge in [0.25, 0.3) is 5.91 Å². The average Bonchev–Trinajstić information content (AvgIpc) is 3.03. The number of anilines is 2. The number of nitrogens with zero attached hydrogens (tertiary/aromatic N) is 2. The van der Waals surface area contributed by atoms with Gasteiger partial charge in [0.05, 0.1) is 7.11 Å². The highest BCUT2D eigenvalue weighted by atomic mass is 16.5. The molecule has 0 radical (unpaired) electrons. The minimum atomic E-state index is -0.658. The van der Waals surface area contributed by atoms with E-state index in [1.54, 1.807) is 12.1 Å². The fourth-order valence-corrected chi connectivity index (χ4v) is 2.53. The van der Waals surface area contributed by atoms with Gasteiger partial charge in [0, 0.05) is 11.9 Å². The molecule has 3 aromatic rings. The number of H-pyrrole nitrogens is 1. The van der Waals surface area contributed by atoms with Crippen LogP contribution in [-0.4, -0.2) is 34.5 Å². The number of aromatic amines is 1. The second kappa shape index (κ2) is 7.61. The third-order valence-electron chi connectivity index (χ3n) is 3.82. The van der Waals surface area contributed by atoms with E-state index in [1.165, 1.54) is 19.4 Å². The van der Waals surface area contributed by atoms with E-state index in [1.807, 2.05) is 31.2 Å². The molecule has 0 atom stereocenters. The van der Waals surface area contributed by atoms with E-state index in [2.05, 4.69) is 20.5 Å². The summed E-state index contributed by atoms with van der Waals surface area (Å²) in [5, 5.41) is 19.6. The van der Waals surface area contributed by atoms with Crippen LogP contribution in [0.25, 0.3) is 0 Å². The van der Waals surface area contributed by atoms with Gasteiger partial charge in [-0.15, -0.1) is 0 Å². The average molecular weight is 365 g/mol. The number of nitrogens with one attached hydrogen (secondary N) is 2. The van der Waals surface area contributed by atoms with Gasteiger partial charge in [-0.2, -0.15) is 5.10 Å². The number of carbonyl (C=O) groups excluding carboxylic acids is 1. The zero-order valence-electron chi connectivity index (χ0n) is 14.9. The van der Waals surface area contributed by atoms with Crippen molar-refractivity contribution in [3.05, 3.63) is 59.2 Å². The lowest BCUT2D eigenvalue weighted by molar-refractivity contribution is 0.100. The van der Waals surface area contributed by atoms with Crippen LogP contribution < -0.4 is 15.8 Å². The topological polar surface area (TPSA) is 126 Å². The lowest BCUT2D eigenvalue weighted by Gasteiger charge is -2.06. The van der Waals surface area contributed by atoms with Crippen LogP contribution in [0.4, 0.5) is 17.3 Å². The number of hydrogen-bond donors (Lipinski definition) is 4. The first-order valence-corrected chi connectivity index (χ1v) is 8.11. The van der Waals surface area contributed by atoms with E-state index < -0.39 is 5.91 Å². The largest absolute Gasteiger partial charge is 0.504 e. The molecule has 138 valence electrons. The lowest BCUT2D eigenvalue weighted by atomic mass is 10.2. The molecular weight excluding hydrogens is 346 g/mol. The zero-order chi connectivity index (χ0) is 19.4. The zero-order valence-corrected chi connectivity index (χ0v) is 14.9. The van der Waals surface area contributed by atoms with Crippen molar-refractivity contribution in [2.45, 2.75) is 6.92 Å². The maximum atomic E-state index is 11.9. The molecule has 0 aliphatic heterocycles. The Morgan fingerprint density at radius 3 is 2.85 bits per heavy atom. The number of aryl methyl sites for hydroxylation is 1. The molecule has 0 aliphatic rings. The maximum Gasteiger partial charge on any atom is 0.256 e. The molecule has 27 heavy (non-hydrogen) atoms. The number of methoxy groups -OCH3 is 1. The standard InChI is InChI=1S/C19H19N5O3/c1-11-4-3-5-13(8-11)22-19-16(17(20)26)18(23-24-19)21-10-12-6-7-14(25)15(9-12)27-2/h3-10,25H,1-2H3,(H2,20,26)(H2,22,23,24).